The van der Waals surface area contributed by atoms with Gasteiger partial charge >= 0.3 is 0 Å². The molecule has 0 saturated carbocycles. The maximum atomic E-state index is 6.42. The summed E-state index contributed by atoms with van der Waals surface area (Å²) in [7, 11) is -1.68. The molecule has 0 bridgehead atoms. The molecule has 0 aliphatic heterocycles. The molecule has 0 N–H and O–H groups in total. The number of allylic oxidation sites excluding steroid dienone is 1. The van der Waals surface area contributed by atoms with Gasteiger partial charge in [0.05, 0.1) is 6.10 Å². The predicted octanol–water partition coefficient (Wildman–Crippen LogP) is 5.31. The molecule has 1 nitrogen and oxygen atoms in total. The van der Waals surface area contributed by atoms with Gasteiger partial charge in [-0.05, 0) is 44.3 Å². The third kappa shape index (κ3) is 5.69. The van der Waals surface area contributed by atoms with Gasteiger partial charge < -0.3 is 4.43 Å². The van der Waals surface area contributed by atoms with Gasteiger partial charge in [-0.2, -0.15) is 0 Å². The summed E-state index contributed by atoms with van der Waals surface area (Å²) in [6.45, 7) is 21.3. The van der Waals surface area contributed by atoms with Gasteiger partial charge in [0.25, 0.3) is 0 Å². The summed E-state index contributed by atoms with van der Waals surface area (Å²) in [5.41, 5.74) is 1.15. The molecule has 0 aromatic carbocycles. The van der Waals surface area contributed by atoms with Crippen molar-refractivity contribution >= 4 is 8.32 Å². The fraction of sp³-hybridized carbons (Fsp3) is 0.733. The van der Waals surface area contributed by atoms with E-state index in [4.69, 9.17) is 4.43 Å². The number of hydrogen-bond donors (Lipinski definition) is 0. The third-order valence-electron chi connectivity index (χ3n) is 3.67. The molecule has 1 atom stereocenters. The van der Waals surface area contributed by atoms with Gasteiger partial charge in [0, 0.05) is 0 Å². The molecule has 0 fully saturated rings. The summed E-state index contributed by atoms with van der Waals surface area (Å²) in [4.78, 5) is 0. The molecule has 100 valence electrons. The van der Waals surface area contributed by atoms with Crippen LogP contribution >= 0.6 is 0 Å². The van der Waals surface area contributed by atoms with Gasteiger partial charge in [0.2, 0.25) is 0 Å². The SMILES string of the molecule is C=CCCCC(O[Si](C)(C)C(C)(C)C)C(=C)C. The van der Waals surface area contributed by atoms with E-state index in [-0.39, 0.29) is 11.1 Å². The van der Waals surface area contributed by atoms with Crippen molar-refractivity contribution in [2.75, 3.05) is 0 Å². The van der Waals surface area contributed by atoms with E-state index in [1.54, 1.807) is 0 Å². The Kier molecular flexibility index (Phi) is 6.42. The van der Waals surface area contributed by atoms with Crippen LogP contribution in [-0.2, 0) is 4.43 Å². The van der Waals surface area contributed by atoms with Crippen molar-refractivity contribution in [1.82, 2.24) is 0 Å². The van der Waals surface area contributed by atoms with Crippen molar-refractivity contribution in [2.24, 2.45) is 0 Å². The molecule has 1 unspecified atom stereocenters. The first-order valence-corrected chi connectivity index (χ1v) is 9.47. The minimum atomic E-state index is -1.68. The second kappa shape index (κ2) is 6.55. The predicted molar refractivity (Wildman–Crippen MR) is 80.9 cm³/mol. The van der Waals surface area contributed by atoms with E-state index in [9.17, 15) is 0 Å². The molecule has 0 heterocycles. The zero-order chi connectivity index (χ0) is 13.7. The Balaban J connectivity index is 4.54. The second-order valence-electron chi connectivity index (χ2n) is 6.43. The van der Waals surface area contributed by atoms with Crippen LogP contribution in [0.4, 0.5) is 0 Å². The van der Waals surface area contributed by atoms with E-state index in [1.165, 1.54) is 0 Å². The first-order valence-electron chi connectivity index (χ1n) is 6.56. The molecular weight excluding hydrogens is 224 g/mol. The highest BCUT2D eigenvalue weighted by atomic mass is 28.4. The van der Waals surface area contributed by atoms with Crippen molar-refractivity contribution in [3.05, 3.63) is 24.8 Å². The van der Waals surface area contributed by atoms with E-state index in [0.29, 0.717) is 0 Å². The fourth-order valence-corrected chi connectivity index (χ4v) is 2.77. The van der Waals surface area contributed by atoms with E-state index >= 15 is 0 Å². The molecule has 0 radical (unpaired) electrons. The highest BCUT2D eigenvalue weighted by Crippen LogP contribution is 2.38. The first-order chi connectivity index (χ1) is 7.62. The van der Waals surface area contributed by atoms with Gasteiger partial charge in [0.15, 0.2) is 8.32 Å². The maximum absolute atomic E-state index is 6.42. The molecule has 0 amide bonds. The Morgan fingerprint density at radius 2 is 1.88 bits per heavy atom. The Labute approximate surface area is 109 Å². The zero-order valence-corrected chi connectivity index (χ0v) is 13.6. The van der Waals surface area contributed by atoms with Crippen LogP contribution in [0.15, 0.2) is 24.8 Å². The third-order valence-corrected chi connectivity index (χ3v) is 8.15. The number of unbranched alkanes of at least 4 members (excludes halogenated alkanes) is 1. The molecular formula is C15H30OSi. The highest BCUT2D eigenvalue weighted by molar-refractivity contribution is 6.74. The molecule has 0 rings (SSSR count). The van der Waals surface area contributed by atoms with Crippen LogP contribution in [0.3, 0.4) is 0 Å². The first kappa shape index (κ1) is 16.7. The van der Waals surface area contributed by atoms with E-state index in [1.807, 2.05) is 6.08 Å². The molecule has 0 aromatic rings. The lowest BCUT2D eigenvalue weighted by molar-refractivity contribution is 0.202. The van der Waals surface area contributed by atoms with Crippen LogP contribution in [0.1, 0.15) is 47.0 Å². The standard InChI is InChI=1S/C15H30OSi/c1-9-10-11-12-14(13(2)3)16-17(7,8)15(4,5)6/h9,14H,1-2,10-12H2,3-8H3. The minimum Gasteiger partial charge on any atom is -0.410 e. The summed E-state index contributed by atoms with van der Waals surface area (Å²) >= 11 is 0. The molecule has 17 heavy (non-hydrogen) atoms. The average molecular weight is 254 g/mol. The Morgan fingerprint density at radius 3 is 2.24 bits per heavy atom. The molecule has 0 aliphatic rings. The lowest BCUT2D eigenvalue weighted by Crippen LogP contribution is -2.44. The van der Waals surface area contributed by atoms with Crippen LogP contribution in [-0.4, -0.2) is 14.4 Å². The minimum absolute atomic E-state index is 0.218. The zero-order valence-electron chi connectivity index (χ0n) is 12.6. The van der Waals surface area contributed by atoms with Crippen LogP contribution in [0, 0.1) is 0 Å². The van der Waals surface area contributed by atoms with Crippen LogP contribution in [0.25, 0.3) is 0 Å². The molecule has 0 spiro atoms. The Morgan fingerprint density at radius 1 is 1.35 bits per heavy atom. The molecule has 0 aromatic heterocycles. The molecule has 2 heteroatoms. The number of hydrogen-bond acceptors (Lipinski definition) is 1. The van der Waals surface area contributed by atoms with Crippen LogP contribution in [0.5, 0.6) is 0 Å². The van der Waals surface area contributed by atoms with Crippen molar-refractivity contribution in [3.8, 4) is 0 Å². The summed E-state index contributed by atoms with van der Waals surface area (Å²) in [5, 5.41) is 0.263. The van der Waals surface area contributed by atoms with Crippen molar-refractivity contribution in [3.63, 3.8) is 0 Å². The van der Waals surface area contributed by atoms with Gasteiger partial charge in [0.1, 0.15) is 0 Å². The highest BCUT2D eigenvalue weighted by Gasteiger charge is 2.39. The van der Waals surface area contributed by atoms with E-state index in [2.05, 4.69) is 53.9 Å². The maximum Gasteiger partial charge on any atom is 0.192 e. The monoisotopic (exact) mass is 254 g/mol. The normalized spacial score (nSPS) is 14.5. The number of rotatable bonds is 7. The van der Waals surface area contributed by atoms with Gasteiger partial charge in [-0.3, -0.25) is 0 Å². The van der Waals surface area contributed by atoms with Gasteiger partial charge in [-0.1, -0.05) is 39.0 Å². The van der Waals surface area contributed by atoms with Gasteiger partial charge in [-0.15, -0.1) is 6.58 Å². The van der Waals surface area contributed by atoms with Crippen molar-refractivity contribution in [2.45, 2.75) is 71.2 Å². The summed E-state index contributed by atoms with van der Waals surface area (Å²) in [6.07, 6.45) is 5.45. The smallest absolute Gasteiger partial charge is 0.192 e. The van der Waals surface area contributed by atoms with Gasteiger partial charge in [-0.25, -0.2) is 0 Å². The Hall–Kier alpha value is -0.343. The van der Waals surface area contributed by atoms with Crippen molar-refractivity contribution in [1.29, 1.82) is 0 Å². The second-order valence-corrected chi connectivity index (χ2v) is 11.2. The topological polar surface area (TPSA) is 9.23 Å². The molecule has 0 saturated heterocycles. The van der Waals surface area contributed by atoms with E-state index < -0.39 is 8.32 Å². The van der Waals surface area contributed by atoms with Crippen LogP contribution in [0.2, 0.25) is 18.1 Å². The van der Waals surface area contributed by atoms with Crippen molar-refractivity contribution < 1.29 is 4.43 Å². The summed E-state index contributed by atoms with van der Waals surface area (Å²) in [5.74, 6) is 0. The quantitative estimate of drug-likeness (QED) is 0.340. The molecule has 0 aliphatic carbocycles. The van der Waals surface area contributed by atoms with E-state index in [0.717, 1.165) is 24.8 Å². The largest absolute Gasteiger partial charge is 0.410 e. The Bertz CT molecular complexity index is 261. The average Bonchev–Trinajstić information content (AvgIpc) is 2.14. The summed E-state index contributed by atoms with van der Waals surface area (Å²) < 4.78 is 6.42. The van der Waals surface area contributed by atoms with Crippen LogP contribution < -0.4 is 0 Å². The fourth-order valence-electron chi connectivity index (χ4n) is 1.39. The lowest BCUT2D eigenvalue weighted by atomic mass is 10.1. The summed E-state index contributed by atoms with van der Waals surface area (Å²) in [6, 6.07) is 0. The lowest BCUT2D eigenvalue weighted by Gasteiger charge is -2.39.